The summed E-state index contributed by atoms with van der Waals surface area (Å²) in [6.45, 7) is 2.97. The second kappa shape index (κ2) is 8.60. The number of hydrogen-bond acceptors (Lipinski definition) is 2. The quantitative estimate of drug-likeness (QED) is 0.272. The second-order valence-corrected chi connectivity index (χ2v) is 6.72. The van der Waals surface area contributed by atoms with Crippen molar-refractivity contribution in [2.75, 3.05) is 6.61 Å². The van der Waals surface area contributed by atoms with E-state index in [1.165, 1.54) is 6.92 Å². The molecular weight excluding hydrogens is 459 g/mol. The Labute approximate surface area is 161 Å². The van der Waals surface area contributed by atoms with Crippen LogP contribution in [0.3, 0.4) is 0 Å². The third-order valence-corrected chi connectivity index (χ3v) is 4.03. The predicted octanol–water partition coefficient (Wildman–Crippen LogP) is 6.34. The summed E-state index contributed by atoms with van der Waals surface area (Å²) in [7, 11) is 0. The third kappa shape index (κ3) is 4.73. The number of rotatable bonds is 10. The molecule has 1 atom stereocenters. The van der Waals surface area contributed by atoms with Crippen LogP contribution >= 0.6 is 0 Å². The van der Waals surface area contributed by atoms with Gasteiger partial charge in [0.1, 0.15) is 0 Å². The van der Waals surface area contributed by atoms with Gasteiger partial charge in [0.25, 0.3) is 0 Å². The molecule has 15 heteroatoms. The lowest BCUT2D eigenvalue weighted by Gasteiger charge is -2.40. The largest absolute Gasteiger partial charge is 0.465 e. The summed E-state index contributed by atoms with van der Waals surface area (Å²) >= 11 is 0. The zero-order valence-corrected chi connectivity index (χ0v) is 15.5. The van der Waals surface area contributed by atoms with Gasteiger partial charge >= 0.3 is 41.8 Å². The normalized spacial score (nSPS) is 16.0. The molecule has 0 aromatic rings. The van der Waals surface area contributed by atoms with Crippen molar-refractivity contribution in [3.8, 4) is 0 Å². The number of carbonyl (C=O) groups excluding carboxylic acids is 1. The molecule has 0 aromatic heterocycles. The fraction of sp³-hybridized carbons (Fsp3) is 0.933. The molecule has 30 heavy (non-hydrogen) atoms. The maximum absolute atomic E-state index is 13.9. The number of alkyl halides is 13. The van der Waals surface area contributed by atoms with Crippen molar-refractivity contribution in [1.82, 2.24) is 0 Å². The minimum Gasteiger partial charge on any atom is -0.465 e. The molecule has 0 radical (unpaired) electrons. The Hall–Kier alpha value is -1.44. The van der Waals surface area contributed by atoms with E-state index < -0.39 is 66.6 Å². The summed E-state index contributed by atoms with van der Waals surface area (Å²) in [4.78, 5) is 11.7. The van der Waals surface area contributed by atoms with Gasteiger partial charge in [-0.1, -0.05) is 20.8 Å². The van der Waals surface area contributed by atoms with Crippen LogP contribution in [0.5, 0.6) is 0 Å². The van der Waals surface area contributed by atoms with Crippen LogP contribution in [0.15, 0.2) is 0 Å². The highest BCUT2D eigenvalue weighted by Crippen LogP contribution is 2.61. The first kappa shape index (κ1) is 28.6. The molecule has 180 valence electrons. The van der Waals surface area contributed by atoms with Crippen LogP contribution in [0, 0.1) is 11.8 Å². The molecule has 0 fully saturated rings. The van der Waals surface area contributed by atoms with Crippen molar-refractivity contribution in [1.29, 1.82) is 0 Å². The van der Waals surface area contributed by atoms with Crippen LogP contribution in [-0.4, -0.2) is 48.4 Å². The van der Waals surface area contributed by atoms with E-state index in [1.807, 2.05) is 0 Å². The number of carbonyl (C=O) groups is 1. The number of esters is 1. The molecule has 0 heterocycles. The van der Waals surface area contributed by atoms with Crippen LogP contribution in [0.2, 0.25) is 0 Å². The lowest BCUT2D eigenvalue weighted by atomic mass is 9.84. The lowest BCUT2D eigenvalue weighted by molar-refractivity contribution is -0.440. The molecule has 1 unspecified atom stereocenters. The van der Waals surface area contributed by atoms with Crippen molar-refractivity contribution in [2.45, 2.75) is 69.4 Å². The first-order chi connectivity index (χ1) is 13.0. The second-order valence-electron chi connectivity index (χ2n) is 6.72. The zero-order valence-electron chi connectivity index (χ0n) is 15.5. The fourth-order valence-electron chi connectivity index (χ4n) is 2.11. The van der Waals surface area contributed by atoms with Crippen LogP contribution in [0.1, 0.15) is 33.6 Å². The Morgan fingerprint density at radius 3 is 1.47 bits per heavy atom. The standard InChI is InChI=1S/C15H17F13O2/c1-4-5-30-9(29)8(7(2)3)6-10(16,17)11(18,19)12(20,21)13(22,23)14(24,25)15(26,27)28/h7-8H,4-6H2,1-3H3. The molecule has 0 rings (SSSR count). The highest BCUT2D eigenvalue weighted by Gasteiger charge is 2.90. The topological polar surface area (TPSA) is 26.3 Å². The van der Waals surface area contributed by atoms with E-state index in [0.29, 0.717) is 0 Å². The van der Waals surface area contributed by atoms with Gasteiger partial charge in [-0.3, -0.25) is 4.79 Å². The highest BCUT2D eigenvalue weighted by molar-refractivity contribution is 5.72. The number of halogens is 13. The molecule has 2 nitrogen and oxygen atoms in total. The summed E-state index contributed by atoms with van der Waals surface area (Å²) in [6, 6.07) is 0. The van der Waals surface area contributed by atoms with Gasteiger partial charge in [-0.2, -0.15) is 57.1 Å². The van der Waals surface area contributed by atoms with E-state index >= 15 is 0 Å². The molecule has 0 spiro atoms. The van der Waals surface area contributed by atoms with Crippen molar-refractivity contribution in [2.24, 2.45) is 11.8 Å². The van der Waals surface area contributed by atoms with Gasteiger partial charge < -0.3 is 4.74 Å². The molecule has 0 aliphatic rings. The van der Waals surface area contributed by atoms with Gasteiger partial charge in [-0.15, -0.1) is 0 Å². The Kier molecular flexibility index (Phi) is 8.18. The summed E-state index contributed by atoms with van der Waals surface area (Å²) in [5.74, 6) is -42.5. The molecule has 0 aliphatic heterocycles. The average molecular weight is 476 g/mol. The Bertz CT molecular complexity index is 596. The van der Waals surface area contributed by atoms with Gasteiger partial charge in [0.15, 0.2) is 0 Å². The first-order valence-corrected chi connectivity index (χ1v) is 8.15. The summed E-state index contributed by atoms with van der Waals surface area (Å²) in [6.07, 6.45) is -9.92. The molecule has 0 saturated carbocycles. The predicted molar refractivity (Wildman–Crippen MR) is 75.0 cm³/mol. The van der Waals surface area contributed by atoms with Crippen LogP contribution in [0.25, 0.3) is 0 Å². The van der Waals surface area contributed by atoms with Crippen LogP contribution in [0.4, 0.5) is 57.1 Å². The van der Waals surface area contributed by atoms with Crippen molar-refractivity contribution in [3.63, 3.8) is 0 Å². The molecule has 0 N–H and O–H groups in total. The summed E-state index contributed by atoms with van der Waals surface area (Å²) in [5, 5.41) is 0. The monoisotopic (exact) mass is 476 g/mol. The van der Waals surface area contributed by atoms with E-state index in [0.717, 1.165) is 13.8 Å². The minimum atomic E-state index is -7.96. The van der Waals surface area contributed by atoms with E-state index in [2.05, 4.69) is 4.74 Å². The van der Waals surface area contributed by atoms with E-state index in [1.54, 1.807) is 0 Å². The molecule has 0 aromatic carbocycles. The van der Waals surface area contributed by atoms with Crippen molar-refractivity contribution >= 4 is 5.97 Å². The smallest absolute Gasteiger partial charge is 0.460 e. The molecule has 0 bridgehead atoms. The van der Waals surface area contributed by atoms with Gasteiger partial charge in [-0.05, 0) is 12.3 Å². The Balaban J connectivity index is 6.19. The SMILES string of the molecule is CCCOC(=O)C(CC(F)(F)C(F)(F)C(F)(F)C(F)(F)C(F)(F)C(F)(F)F)C(C)C. The molecule has 0 amide bonds. The van der Waals surface area contributed by atoms with Crippen molar-refractivity contribution < 1.29 is 66.6 Å². The maximum atomic E-state index is 13.9. The maximum Gasteiger partial charge on any atom is 0.460 e. The van der Waals surface area contributed by atoms with Gasteiger partial charge in [0.05, 0.1) is 12.5 Å². The van der Waals surface area contributed by atoms with Crippen LogP contribution in [-0.2, 0) is 9.53 Å². The molecule has 0 saturated heterocycles. The number of hydrogen-bond donors (Lipinski definition) is 0. The summed E-state index contributed by atoms with van der Waals surface area (Å²) < 4.78 is 175. The Morgan fingerprint density at radius 2 is 1.13 bits per heavy atom. The average Bonchev–Trinajstić information content (AvgIpc) is 2.55. The van der Waals surface area contributed by atoms with Crippen LogP contribution < -0.4 is 0 Å². The van der Waals surface area contributed by atoms with Crippen molar-refractivity contribution in [3.05, 3.63) is 0 Å². The summed E-state index contributed by atoms with van der Waals surface area (Å²) in [5.41, 5.74) is 0. The first-order valence-electron chi connectivity index (χ1n) is 8.15. The van der Waals surface area contributed by atoms with E-state index in [-0.39, 0.29) is 6.42 Å². The fourth-order valence-corrected chi connectivity index (χ4v) is 2.11. The van der Waals surface area contributed by atoms with E-state index in [4.69, 9.17) is 0 Å². The Morgan fingerprint density at radius 1 is 0.733 bits per heavy atom. The lowest BCUT2D eigenvalue weighted by Crippen LogP contribution is -2.70. The van der Waals surface area contributed by atoms with Gasteiger partial charge in [0.2, 0.25) is 0 Å². The third-order valence-electron chi connectivity index (χ3n) is 4.03. The van der Waals surface area contributed by atoms with E-state index in [9.17, 15) is 61.9 Å². The number of ether oxygens (including phenoxy) is 1. The minimum absolute atomic E-state index is 0.125. The highest BCUT2D eigenvalue weighted by atomic mass is 19.4. The molecular formula is C15H17F13O2. The van der Waals surface area contributed by atoms with Gasteiger partial charge in [0, 0.05) is 6.42 Å². The van der Waals surface area contributed by atoms with Gasteiger partial charge in [-0.25, -0.2) is 0 Å². The molecule has 0 aliphatic carbocycles. The zero-order chi connectivity index (χ0) is 24.6.